The molecule has 1 saturated carbocycles. The monoisotopic (exact) mass is 273 g/mol. The Bertz CT molecular complexity index is 453. The van der Waals surface area contributed by atoms with Gasteiger partial charge < -0.3 is 5.32 Å². The van der Waals surface area contributed by atoms with Crippen molar-refractivity contribution in [1.29, 1.82) is 0 Å². The molecule has 0 spiro atoms. The molecule has 2 fully saturated rings. The third-order valence-electron chi connectivity index (χ3n) is 4.76. The van der Waals surface area contributed by atoms with Crippen molar-refractivity contribution in [1.82, 2.24) is 15.2 Å². The maximum Gasteiger partial charge on any atom is 0.0547 e. The second-order valence-corrected chi connectivity index (χ2v) is 6.86. The molecule has 1 aliphatic heterocycles. The highest BCUT2D eigenvalue weighted by Crippen LogP contribution is 2.35. The van der Waals surface area contributed by atoms with Crippen LogP contribution in [0.2, 0.25) is 0 Å². The molecular formula is C17H27N3. The quantitative estimate of drug-likeness (QED) is 0.914. The summed E-state index contributed by atoms with van der Waals surface area (Å²) in [5.41, 5.74) is 2.34. The molecule has 20 heavy (non-hydrogen) atoms. The second-order valence-electron chi connectivity index (χ2n) is 6.86. The molecule has 1 saturated heterocycles. The van der Waals surface area contributed by atoms with Crippen LogP contribution in [0, 0.1) is 18.8 Å². The Morgan fingerprint density at radius 3 is 2.80 bits per heavy atom. The molecule has 0 amide bonds. The van der Waals surface area contributed by atoms with Crippen molar-refractivity contribution >= 4 is 0 Å². The summed E-state index contributed by atoms with van der Waals surface area (Å²) in [6.07, 6.45) is 2.83. The predicted molar refractivity (Wildman–Crippen MR) is 82.5 cm³/mol. The minimum atomic E-state index is 0.632. The van der Waals surface area contributed by atoms with E-state index in [1.165, 1.54) is 25.1 Å². The van der Waals surface area contributed by atoms with Gasteiger partial charge in [-0.05, 0) is 43.7 Å². The van der Waals surface area contributed by atoms with E-state index in [-0.39, 0.29) is 0 Å². The second kappa shape index (κ2) is 5.82. The molecule has 0 aromatic carbocycles. The molecule has 2 aliphatic rings. The number of aromatic nitrogens is 1. The summed E-state index contributed by atoms with van der Waals surface area (Å²) in [5, 5.41) is 3.78. The normalized spacial score (nSPS) is 28.0. The van der Waals surface area contributed by atoms with E-state index in [1.807, 2.05) is 0 Å². The standard InChI is InChI=1S/C17H27N3/c1-12(2)17-9-18-16(14-7-8-14)11-20(17)10-15-6-4-5-13(3)19-15/h4-6,12,14,16-18H,7-11H2,1-3H3. The molecule has 3 heteroatoms. The minimum Gasteiger partial charge on any atom is -0.311 e. The van der Waals surface area contributed by atoms with Gasteiger partial charge in [0.05, 0.1) is 5.69 Å². The maximum atomic E-state index is 4.68. The van der Waals surface area contributed by atoms with Gasteiger partial charge in [0, 0.05) is 37.4 Å². The molecule has 1 N–H and O–H groups in total. The highest BCUT2D eigenvalue weighted by atomic mass is 15.2. The Labute approximate surface area is 122 Å². The van der Waals surface area contributed by atoms with Crippen LogP contribution in [0.4, 0.5) is 0 Å². The van der Waals surface area contributed by atoms with E-state index in [0.29, 0.717) is 18.0 Å². The molecule has 3 nitrogen and oxygen atoms in total. The van der Waals surface area contributed by atoms with Crippen LogP contribution in [0.5, 0.6) is 0 Å². The minimum absolute atomic E-state index is 0.632. The van der Waals surface area contributed by atoms with Crippen LogP contribution in [0.1, 0.15) is 38.1 Å². The maximum absolute atomic E-state index is 4.68. The van der Waals surface area contributed by atoms with Gasteiger partial charge in [0.25, 0.3) is 0 Å². The van der Waals surface area contributed by atoms with E-state index in [9.17, 15) is 0 Å². The first-order valence-corrected chi connectivity index (χ1v) is 8.03. The van der Waals surface area contributed by atoms with Crippen LogP contribution in [-0.4, -0.2) is 35.1 Å². The van der Waals surface area contributed by atoms with Crippen molar-refractivity contribution in [2.24, 2.45) is 11.8 Å². The Morgan fingerprint density at radius 2 is 2.15 bits per heavy atom. The van der Waals surface area contributed by atoms with Gasteiger partial charge in [0.1, 0.15) is 0 Å². The number of piperazine rings is 1. The summed E-state index contributed by atoms with van der Waals surface area (Å²) >= 11 is 0. The van der Waals surface area contributed by atoms with Crippen LogP contribution in [0.3, 0.4) is 0 Å². The zero-order valence-corrected chi connectivity index (χ0v) is 13.0. The topological polar surface area (TPSA) is 28.2 Å². The average Bonchev–Trinajstić information content (AvgIpc) is 3.22. The fourth-order valence-corrected chi connectivity index (χ4v) is 3.40. The molecule has 2 heterocycles. The fraction of sp³-hybridized carbons (Fsp3) is 0.706. The van der Waals surface area contributed by atoms with Gasteiger partial charge in [-0.25, -0.2) is 0 Å². The molecule has 1 aromatic rings. The zero-order chi connectivity index (χ0) is 14.1. The van der Waals surface area contributed by atoms with E-state index < -0.39 is 0 Å². The van der Waals surface area contributed by atoms with Gasteiger partial charge in [-0.3, -0.25) is 9.88 Å². The highest BCUT2D eigenvalue weighted by Gasteiger charge is 2.37. The molecule has 3 rings (SSSR count). The summed E-state index contributed by atoms with van der Waals surface area (Å²) in [5.74, 6) is 1.61. The lowest BCUT2D eigenvalue weighted by atomic mass is 9.96. The van der Waals surface area contributed by atoms with Crippen LogP contribution in [-0.2, 0) is 6.54 Å². The SMILES string of the molecule is Cc1cccc(CN2CC(C3CC3)NCC2C(C)C)n1. The first-order chi connectivity index (χ1) is 9.63. The third kappa shape index (κ3) is 3.21. The molecule has 0 bridgehead atoms. The molecule has 2 unspecified atom stereocenters. The van der Waals surface area contributed by atoms with Crippen molar-refractivity contribution in [2.75, 3.05) is 13.1 Å². The Kier molecular flexibility index (Phi) is 4.08. The number of rotatable bonds is 4. The first kappa shape index (κ1) is 14.0. The van der Waals surface area contributed by atoms with Crippen molar-refractivity contribution in [2.45, 2.75) is 52.2 Å². The summed E-state index contributed by atoms with van der Waals surface area (Å²) in [7, 11) is 0. The first-order valence-electron chi connectivity index (χ1n) is 8.03. The average molecular weight is 273 g/mol. The highest BCUT2D eigenvalue weighted by molar-refractivity contribution is 5.10. The van der Waals surface area contributed by atoms with Gasteiger partial charge in [-0.1, -0.05) is 19.9 Å². The van der Waals surface area contributed by atoms with E-state index in [1.54, 1.807) is 0 Å². The number of nitrogens with one attached hydrogen (secondary N) is 1. The Balaban J connectivity index is 1.71. The van der Waals surface area contributed by atoms with Crippen LogP contribution in [0.15, 0.2) is 18.2 Å². The lowest BCUT2D eigenvalue weighted by Crippen LogP contribution is -2.58. The van der Waals surface area contributed by atoms with Crippen molar-refractivity contribution in [3.63, 3.8) is 0 Å². The van der Waals surface area contributed by atoms with Gasteiger partial charge in [0.2, 0.25) is 0 Å². The lowest BCUT2D eigenvalue weighted by molar-refractivity contribution is 0.0840. The van der Waals surface area contributed by atoms with E-state index in [0.717, 1.165) is 24.7 Å². The largest absolute Gasteiger partial charge is 0.311 e. The van der Waals surface area contributed by atoms with Gasteiger partial charge in [-0.2, -0.15) is 0 Å². The van der Waals surface area contributed by atoms with Crippen LogP contribution >= 0.6 is 0 Å². The number of nitrogens with zero attached hydrogens (tertiary/aromatic N) is 2. The lowest BCUT2D eigenvalue weighted by Gasteiger charge is -2.42. The number of pyridine rings is 1. The summed E-state index contributed by atoms with van der Waals surface area (Å²) in [4.78, 5) is 7.34. The fourth-order valence-electron chi connectivity index (χ4n) is 3.40. The van der Waals surface area contributed by atoms with Crippen LogP contribution in [0.25, 0.3) is 0 Å². The Hall–Kier alpha value is -0.930. The van der Waals surface area contributed by atoms with E-state index >= 15 is 0 Å². The number of hydrogen-bond donors (Lipinski definition) is 1. The van der Waals surface area contributed by atoms with Gasteiger partial charge in [-0.15, -0.1) is 0 Å². The van der Waals surface area contributed by atoms with Gasteiger partial charge in [0.15, 0.2) is 0 Å². The van der Waals surface area contributed by atoms with E-state index in [4.69, 9.17) is 0 Å². The summed E-state index contributed by atoms with van der Waals surface area (Å²) < 4.78 is 0. The van der Waals surface area contributed by atoms with Crippen molar-refractivity contribution in [3.8, 4) is 0 Å². The molecule has 1 aliphatic carbocycles. The molecule has 0 radical (unpaired) electrons. The summed E-state index contributed by atoms with van der Waals surface area (Å²) in [6, 6.07) is 7.71. The molecular weight excluding hydrogens is 246 g/mol. The molecule has 1 aromatic heterocycles. The molecule has 2 atom stereocenters. The Morgan fingerprint density at radius 1 is 1.35 bits per heavy atom. The zero-order valence-electron chi connectivity index (χ0n) is 13.0. The molecule has 110 valence electrons. The number of hydrogen-bond acceptors (Lipinski definition) is 3. The van der Waals surface area contributed by atoms with Gasteiger partial charge >= 0.3 is 0 Å². The van der Waals surface area contributed by atoms with Crippen LogP contribution < -0.4 is 5.32 Å². The number of aryl methyl sites for hydroxylation is 1. The predicted octanol–water partition coefficient (Wildman–Crippen LogP) is 2.60. The van der Waals surface area contributed by atoms with E-state index in [2.05, 4.69) is 54.2 Å². The van der Waals surface area contributed by atoms with Crippen molar-refractivity contribution in [3.05, 3.63) is 29.6 Å². The third-order valence-corrected chi connectivity index (χ3v) is 4.76. The smallest absolute Gasteiger partial charge is 0.0547 e. The summed E-state index contributed by atoms with van der Waals surface area (Å²) in [6.45, 7) is 10.1. The van der Waals surface area contributed by atoms with Crippen molar-refractivity contribution < 1.29 is 0 Å².